The minimum absolute atomic E-state index is 0.817. The molecule has 1 aliphatic carbocycles. The summed E-state index contributed by atoms with van der Waals surface area (Å²) in [4.78, 5) is 2.45. The van der Waals surface area contributed by atoms with Crippen LogP contribution in [0.4, 0.5) is 0 Å². The second kappa shape index (κ2) is 6.89. The molecule has 2 aliphatic rings. The number of tetrazole rings is 1. The maximum atomic E-state index is 5.91. The fourth-order valence-corrected chi connectivity index (χ4v) is 3.94. The van der Waals surface area contributed by atoms with Crippen LogP contribution >= 0.6 is 0 Å². The summed E-state index contributed by atoms with van der Waals surface area (Å²) < 4.78 is 7.55. The number of likely N-dealkylation sites (tertiary alicyclic amines) is 1. The lowest BCUT2D eigenvalue weighted by Crippen LogP contribution is -2.31. The Hall–Kier alpha value is -1.95. The fourth-order valence-electron chi connectivity index (χ4n) is 3.94. The predicted octanol–water partition coefficient (Wildman–Crippen LogP) is 2.41. The van der Waals surface area contributed by atoms with E-state index in [2.05, 4.69) is 27.5 Å². The van der Waals surface area contributed by atoms with E-state index in [1.54, 1.807) is 11.0 Å². The Kier molecular flexibility index (Phi) is 4.47. The van der Waals surface area contributed by atoms with Crippen LogP contribution in [-0.2, 0) is 0 Å². The van der Waals surface area contributed by atoms with Gasteiger partial charge in [0.1, 0.15) is 12.1 Å². The van der Waals surface area contributed by atoms with E-state index >= 15 is 0 Å². The summed E-state index contributed by atoms with van der Waals surface area (Å²) in [5.41, 5.74) is 0.942. The lowest BCUT2D eigenvalue weighted by molar-refractivity contribution is 0.196. The van der Waals surface area contributed by atoms with E-state index in [9.17, 15) is 0 Å². The van der Waals surface area contributed by atoms with Gasteiger partial charge < -0.3 is 9.64 Å². The minimum Gasteiger partial charge on any atom is -0.494 e. The van der Waals surface area contributed by atoms with Gasteiger partial charge in [-0.3, -0.25) is 0 Å². The molecule has 6 heteroatoms. The Bertz CT molecular complexity index is 634. The first-order chi connectivity index (χ1) is 11.8. The number of benzene rings is 1. The van der Waals surface area contributed by atoms with Gasteiger partial charge in [-0.05, 0) is 98.3 Å². The van der Waals surface area contributed by atoms with Crippen LogP contribution < -0.4 is 4.74 Å². The number of ether oxygens (including phenoxy) is 1. The average molecular weight is 327 g/mol. The Morgan fingerprint density at radius 2 is 1.96 bits per heavy atom. The monoisotopic (exact) mass is 327 g/mol. The van der Waals surface area contributed by atoms with E-state index in [0.29, 0.717) is 0 Å². The maximum absolute atomic E-state index is 5.91. The summed E-state index contributed by atoms with van der Waals surface area (Å²) in [5, 5.41) is 11.2. The smallest absolute Gasteiger partial charge is 0.143 e. The number of rotatable bonds is 6. The number of piperidine rings is 1. The summed E-state index contributed by atoms with van der Waals surface area (Å²) in [6, 6.07) is 7.92. The molecule has 0 bridgehead atoms. The second-order valence-electron chi connectivity index (χ2n) is 7.19. The van der Waals surface area contributed by atoms with Crippen molar-refractivity contribution in [2.24, 2.45) is 17.8 Å². The maximum Gasteiger partial charge on any atom is 0.143 e. The zero-order chi connectivity index (χ0) is 16.4. The van der Waals surface area contributed by atoms with Crippen LogP contribution in [0.25, 0.3) is 5.69 Å². The molecule has 6 nitrogen and oxygen atoms in total. The molecule has 1 aromatic heterocycles. The van der Waals surface area contributed by atoms with Crippen molar-refractivity contribution >= 4 is 0 Å². The first kappa shape index (κ1) is 15.6. The summed E-state index contributed by atoms with van der Waals surface area (Å²) in [7, 11) is 2.24. The molecule has 24 heavy (non-hydrogen) atoms. The van der Waals surface area contributed by atoms with Crippen LogP contribution in [0.3, 0.4) is 0 Å². The highest BCUT2D eigenvalue weighted by molar-refractivity contribution is 5.36. The van der Waals surface area contributed by atoms with Crippen molar-refractivity contribution in [3.05, 3.63) is 30.6 Å². The molecule has 0 radical (unpaired) electrons. The van der Waals surface area contributed by atoms with Gasteiger partial charge in [-0.2, -0.15) is 0 Å². The van der Waals surface area contributed by atoms with E-state index in [1.165, 1.54) is 38.8 Å². The number of hydrogen-bond acceptors (Lipinski definition) is 5. The second-order valence-corrected chi connectivity index (χ2v) is 7.19. The molecule has 128 valence electrons. The molecule has 2 fully saturated rings. The van der Waals surface area contributed by atoms with Crippen LogP contribution in [0.15, 0.2) is 30.6 Å². The summed E-state index contributed by atoms with van der Waals surface area (Å²) >= 11 is 0. The van der Waals surface area contributed by atoms with Crippen molar-refractivity contribution in [1.82, 2.24) is 25.1 Å². The third kappa shape index (κ3) is 3.59. The predicted molar refractivity (Wildman–Crippen MR) is 91.1 cm³/mol. The van der Waals surface area contributed by atoms with Crippen molar-refractivity contribution in [2.75, 3.05) is 26.7 Å². The van der Waals surface area contributed by atoms with Gasteiger partial charge in [0.15, 0.2) is 0 Å². The van der Waals surface area contributed by atoms with Crippen molar-refractivity contribution in [3.8, 4) is 11.4 Å². The molecule has 1 aromatic carbocycles. The highest BCUT2D eigenvalue weighted by atomic mass is 16.5. The Morgan fingerprint density at radius 3 is 2.67 bits per heavy atom. The number of aromatic nitrogens is 4. The molecule has 0 amide bonds. The van der Waals surface area contributed by atoms with E-state index in [0.717, 1.165) is 35.8 Å². The third-order valence-electron chi connectivity index (χ3n) is 5.55. The number of hydrogen-bond donors (Lipinski definition) is 0. The van der Waals surface area contributed by atoms with Crippen molar-refractivity contribution in [2.45, 2.75) is 25.7 Å². The van der Waals surface area contributed by atoms with Crippen molar-refractivity contribution in [3.63, 3.8) is 0 Å². The third-order valence-corrected chi connectivity index (χ3v) is 5.55. The molecule has 2 atom stereocenters. The molecule has 0 unspecified atom stereocenters. The van der Waals surface area contributed by atoms with Crippen LogP contribution in [0, 0.1) is 17.8 Å². The van der Waals surface area contributed by atoms with Crippen LogP contribution in [0.5, 0.6) is 5.75 Å². The van der Waals surface area contributed by atoms with Crippen LogP contribution in [0.1, 0.15) is 25.7 Å². The molecule has 2 aromatic rings. The Morgan fingerprint density at radius 1 is 1.17 bits per heavy atom. The van der Waals surface area contributed by atoms with E-state index < -0.39 is 0 Å². The summed E-state index contributed by atoms with van der Waals surface area (Å²) in [5.74, 6) is 3.73. The van der Waals surface area contributed by atoms with E-state index in [4.69, 9.17) is 4.74 Å². The molecule has 0 N–H and O–H groups in total. The summed E-state index contributed by atoms with van der Waals surface area (Å²) in [6.07, 6.45) is 6.96. The molecule has 1 aliphatic heterocycles. The zero-order valence-corrected chi connectivity index (χ0v) is 14.2. The van der Waals surface area contributed by atoms with Gasteiger partial charge in [0.05, 0.1) is 12.3 Å². The van der Waals surface area contributed by atoms with Gasteiger partial charge in [0.2, 0.25) is 0 Å². The van der Waals surface area contributed by atoms with Crippen LogP contribution in [0.2, 0.25) is 0 Å². The van der Waals surface area contributed by atoms with Gasteiger partial charge in [-0.1, -0.05) is 0 Å². The Labute approximate surface area is 142 Å². The summed E-state index contributed by atoms with van der Waals surface area (Å²) in [6.45, 7) is 3.37. The fraction of sp³-hybridized carbons (Fsp3) is 0.611. The zero-order valence-electron chi connectivity index (χ0n) is 14.2. The molecular formula is C18H25N5O. The molecule has 1 saturated heterocycles. The SMILES string of the molecule is CN1CCC([C@H]2C[C@H]2CCOc2ccc(-n3cnnn3)cc2)CC1. The van der Waals surface area contributed by atoms with Gasteiger partial charge in [-0.25, -0.2) is 4.68 Å². The lowest BCUT2D eigenvalue weighted by atomic mass is 9.91. The van der Waals surface area contributed by atoms with Crippen molar-refractivity contribution < 1.29 is 4.74 Å². The lowest BCUT2D eigenvalue weighted by Gasteiger charge is -2.29. The van der Waals surface area contributed by atoms with Gasteiger partial charge in [0, 0.05) is 0 Å². The van der Waals surface area contributed by atoms with E-state index in [1.807, 2.05) is 24.3 Å². The van der Waals surface area contributed by atoms with Crippen LogP contribution in [-0.4, -0.2) is 51.9 Å². The highest BCUT2D eigenvalue weighted by Gasteiger charge is 2.42. The average Bonchev–Trinajstić information content (AvgIpc) is 3.16. The molecule has 2 heterocycles. The van der Waals surface area contributed by atoms with E-state index in [-0.39, 0.29) is 0 Å². The molecule has 0 spiro atoms. The Balaban J connectivity index is 1.20. The van der Waals surface area contributed by atoms with Crippen molar-refractivity contribution in [1.29, 1.82) is 0 Å². The normalized spacial score (nSPS) is 24.9. The first-order valence-electron chi connectivity index (χ1n) is 8.94. The van der Waals surface area contributed by atoms with Gasteiger partial charge in [-0.15, -0.1) is 5.10 Å². The quantitative estimate of drug-likeness (QED) is 0.815. The number of nitrogens with zero attached hydrogens (tertiary/aromatic N) is 5. The van der Waals surface area contributed by atoms with Gasteiger partial charge in [0.25, 0.3) is 0 Å². The molecule has 1 saturated carbocycles. The topological polar surface area (TPSA) is 56.1 Å². The minimum atomic E-state index is 0.817. The van der Waals surface area contributed by atoms with Gasteiger partial charge >= 0.3 is 0 Å². The highest BCUT2D eigenvalue weighted by Crippen LogP contribution is 2.49. The molecular weight excluding hydrogens is 302 g/mol. The first-order valence-corrected chi connectivity index (χ1v) is 8.94. The standard InChI is InChI=1S/C18H25N5O/c1-22-9-6-14(7-10-22)18-12-15(18)8-11-24-17-4-2-16(3-5-17)23-13-19-20-21-23/h2-5,13-15,18H,6-12H2,1H3/t15-,18-/m1/s1. The molecule has 4 rings (SSSR count). The largest absolute Gasteiger partial charge is 0.494 e.